The van der Waals surface area contributed by atoms with Crippen LogP contribution in [0, 0.1) is 0 Å². The highest BCUT2D eigenvalue weighted by atomic mass is 16.3. The van der Waals surface area contributed by atoms with E-state index in [1.807, 2.05) is 6.08 Å². The highest BCUT2D eigenvalue weighted by molar-refractivity contribution is 5.20. The lowest BCUT2D eigenvalue weighted by Gasteiger charge is -2.37. The van der Waals surface area contributed by atoms with Crippen LogP contribution < -0.4 is 0 Å². The fraction of sp³-hybridized carbons (Fsp3) is 0.667. The molecule has 0 spiro atoms. The molecule has 1 unspecified atom stereocenters. The summed E-state index contributed by atoms with van der Waals surface area (Å²) in [5.74, 6) is 0. The van der Waals surface area contributed by atoms with Gasteiger partial charge in [0.15, 0.2) is 0 Å². The first kappa shape index (κ1) is 9.78. The summed E-state index contributed by atoms with van der Waals surface area (Å²) in [5.41, 5.74) is 3.00. The zero-order chi connectivity index (χ0) is 9.97. The van der Waals surface area contributed by atoms with Crippen molar-refractivity contribution in [3.8, 4) is 0 Å². The molecule has 1 N–H and O–H groups in total. The van der Waals surface area contributed by atoms with Gasteiger partial charge in [-0.2, -0.15) is 0 Å². The average molecular weight is 193 g/mol. The van der Waals surface area contributed by atoms with Crippen LogP contribution in [-0.2, 0) is 0 Å². The van der Waals surface area contributed by atoms with Gasteiger partial charge >= 0.3 is 0 Å². The molecule has 0 aromatic heterocycles. The van der Waals surface area contributed by atoms with Crippen molar-refractivity contribution in [1.29, 1.82) is 0 Å². The Bertz CT molecular complexity index is 257. The molecule has 2 heteroatoms. The maximum atomic E-state index is 9.59. The van der Waals surface area contributed by atoms with Gasteiger partial charge in [-0.15, -0.1) is 6.58 Å². The van der Waals surface area contributed by atoms with Gasteiger partial charge in [0.25, 0.3) is 0 Å². The summed E-state index contributed by atoms with van der Waals surface area (Å²) in [7, 11) is 0. The van der Waals surface area contributed by atoms with Gasteiger partial charge in [-0.3, -0.25) is 0 Å². The Morgan fingerprint density at radius 2 is 2.36 bits per heavy atom. The van der Waals surface area contributed by atoms with Gasteiger partial charge in [-0.25, -0.2) is 0 Å². The number of aliphatic hydroxyl groups excluding tert-OH is 1. The zero-order valence-electron chi connectivity index (χ0n) is 8.71. The molecule has 1 aliphatic carbocycles. The second-order valence-corrected chi connectivity index (χ2v) is 4.29. The van der Waals surface area contributed by atoms with Crippen LogP contribution in [-0.4, -0.2) is 29.2 Å². The lowest BCUT2D eigenvalue weighted by molar-refractivity contribution is 0.144. The summed E-state index contributed by atoms with van der Waals surface area (Å²) in [5, 5.41) is 9.59. The molecule has 0 aromatic rings. The van der Waals surface area contributed by atoms with E-state index in [2.05, 4.69) is 11.5 Å². The summed E-state index contributed by atoms with van der Waals surface area (Å²) >= 11 is 0. The Morgan fingerprint density at radius 3 is 3.14 bits per heavy atom. The number of hydrogen-bond acceptors (Lipinski definition) is 2. The van der Waals surface area contributed by atoms with Crippen molar-refractivity contribution in [2.75, 3.05) is 13.1 Å². The molecule has 1 atom stereocenters. The Kier molecular flexibility index (Phi) is 2.92. The molecule has 0 amide bonds. The quantitative estimate of drug-likeness (QED) is 0.679. The average Bonchev–Trinajstić information content (AvgIpc) is 2.18. The van der Waals surface area contributed by atoms with E-state index >= 15 is 0 Å². The molecule has 1 heterocycles. The minimum absolute atomic E-state index is 0.0857. The van der Waals surface area contributed by atoms with Gasteiger partial charge in [0.05, 0.1) is 6.10 Å². The van der Waals surface area contributed by atoms with E-state index in [1.54, 1.807) is 0 Å². The first-order valence-electron chi connectivity index (χ1n) is 5.56. The molecule has 78 valence electrons. The first-order valence-corrected chi connectivity index (χ1v) is 5.56. The van der Waals surface area contributed by atoms with Crippen LogP contribution in [0.3, 0.4) is 0 Å². The van der Waals surface area contributed by atoms with Crippen molar-refractivity contribution in [3.05, 3.63) is 23.9 Å². The highest BCUT2D eigenvalue weighted by Crippen LogP contribution is 2.33. The predicted octanol–water partition coefficient (Wildman–Crippen LogP) is 2.07. The van der Waals surface area contributed by atoms with E-state index in [1.165, 1.54) is 30.7 Å². The Hall–Kier alpha value is -0.760. The van der Waals surface area contributed by atoms with Crippen LogP contribution >= 0.6 is 0 Å². The molecular weight excluding hydrogens is 174 g/mol. The lowest BCUT2D eigenvalue weighted by atomic mass is 9.88. The van der Waals surface area contributed by atoms with Crippen LogP contribution in [0.4, 0.5) is 0 Å². The lowest BCUT2D eigenvalue weighted by Crippen LogP contribution is -2.32. The summed E-state index contributed by atoms with van der Waals surface area (Å²) < 4.78 is 0. The Morgan fingerprint density at radius 1 is 1.50 bits per heavy atom. The maximum absolute atomic E-state index is 9.59. The fourth-order valence-corrected chi connectivity index (χ4v) is 2.59. The van der Waals surface area contributed by atoms with Gasteiger partial charge in [0, 0.05) is 18.8 Å². The maximum Gasteiger partial charge on any atom is 0.0581 e. The zero-order valence-corrected chi connectivity index (χ0v) is 8.71. The predicted molar refractivity (Wildman–Crippen MR) is 57.9 cm³/mol. The van der Waals surface area contributed by atoms with Crippen molar-refractivity contribution in [2.24, 2.45) is 0 Å². The molecule has 0 bridgehead atoms. The van der Waals surface area contributed by atoms with Crippen LogP contribution in [0.15, 0.2) is 23.9 Å². The highest BCUT2D eigenvalue weighted by Gasteiger charge is 2.25. The van der Waals surface area contributed by atoms with Gasteiger partial charge in [0.1, 0.15) is 0 Å². The molecule has 0 aromatic carbocycles. The number of allylic oxidation sites excluding steroid dienone is 1. The molecule has 1 aliphatic heterocycles. The summed E-state index contributed by atoms with van der Waals surface area (Å²) in [6.07, 6.45) is 7.22. The number of rotatable bonds is 2. The third-order valence-electron chi connectivity index (χ3n) is 3.24. The fourth-order valence-electron chi connectivity index (χ4n) is 2.59. The van der Waals surface area contributed by atoms with Crippen LogP contribution in [0.2, 0.25) is 0 Å². The van der Waals surface area contributed by atoms with Crippen LogP contribution in [0.25, 0.3) is 0 Å². The van der Waals surface area contributed by atoms with Gasteiger partial charge < -0.3 is 10.0 Å². The van der Waals surface area contributed by atoms with E-state index in [9.17, 15) is 5.11 Å². The largest absolute Gasteiger partial charge is 0.393 e. The molecular formula is C12H19NO. The molecule has 0 saturated heterocycles. The molecule has 0 radical (unpaired) electrons. The van der Waals surface area contributed by atoms with E-state index < -0.39 is 0 Å². The molecule has 2 rings (SSSR count). The molecule has 14 heavy (non-hydrogen) atoms. The number of hydrogen-bond donors (Lipinski definition) is 1. The summed E-state index contributed by atoms with van der Waals surface area (Å²) in [6, 6.07) is 0. The van der Waals surface area contributed by atoms with Crippen molar-refractivity contribution in [1.82, 2.24) is 4.90 Å². The normalized spacial score (nSPS) is 27.5. The standard InChI is InChI=1S/C12H19NO/c1-2-7-13-8-3-4-10-9-11(14)5-6-12(10)13/h2,11,14H,1,3-9H2. The van der Waals surface area contributed by atoms with E-state index in [0.29, 0.717) is 0 Å². The third kappa shape index (κ3) is 1.85. The third-order valence-corrected chi connectivity index (χ3v) is 3.24. The van der Waals surface area contributed by atoms with Crippen molar-refractivity contribution >= 4 is 0 Å². The van der Waals surface area contributed by atoms with Crippen molar-refractivity contribution < 1.29 is 5.11 Å². The van der Waals surface area contributed by atoms with Crippen LogP contribution in [0.5, 0.6) is 0 Å². The SMILES string of the molecule is C=CCN1CCCC2=C1CCC(O)C2. The van der Waals surface area contributed by atoms with E-state index in [-0.39, 0.29) is 6.10 Å². The minimum atomic E-state index is -0.0857. The Labute approximate surface area is 85.9 Å². The van der Waals surface area contributed by atoms with Crippen LogP contribution in [0.1, 0.15) is 32.1 Å². The topological polar surface area (TPSA) is 23.5 Å². The van der Waals surface area contributed by atoms with E-state index in [0.717, 1.165) is 25.8 Å². The van der Waals surface area contributed by atoms with Crippen molar-refractivity contribution in [2.45, 2.75) is 38.2 Å². The smallest absolute Gasteiger partial charge is 0.0581 e. The number of nitrogens with zero attached hydrogens (tertiary/aromatic N) is 1. The minimum Gasteiger partial charge on any atom is -0.393 e. The molecule has 2 nitrogen and oxygen atoms in total. The molecule has 0 fully saturated rings. The van der Waals surface area contributed by atoms with Gasteiger partial charge in [-0.05, 0) is 37.7 Å². The Balaban J connectivity index is 2.15. The molecule has 2 aliphatic rings. The first-order chi connectivity index (χ1) is 6.81. The second kappa shape index (κ2) is 4.18. The second-order valence-electron chi connectivity index (χ2n) is 4.29. The van der Waals surface area contributed by atoms with Gasteiger partial charge in [0.2, 0.25) is 0 Å². The number of aliphatic hydroxyl groups is 1. The summed E-state index contributed by atoms with van der Waals surface area (Å²) in [4.78, 5) is 2.43. The van der Waals surface area contributed by atoms with E-state index in [4.69, 9.17) is 0 Å². The molecule has 0 saturated carbocycles. The van der Waals surface area contributed by atoms with Gasteiger partial charge in [-0.1, -0.05) is 6.08 Å². The monoisotopic (exact) mass is 193 g/mol. The summed E-state index contributed by atoms with van der Waals surface area (Å²) in [6.45, 7) is 5.93. The van der Waals surface area contributed by atoms with Crippen molar-refractivity contribution in [3.63, 3.8) is 0 Å².